The van der Waals surface area contributed by atoms with Crippen LogP contribution in [0.4, 0.5) is 0 Å². The fourth-order valence-corrected chi connectivity index (χ4v) is 10.9. The predicted octanol–water partition coefficient (Wildman–Crippen LogP) is 22.1. The third-order valence-corrected chi connectivity index (χ3v) is 16.2. The minimum Gasteiger partial charge on any atom is -0.466 e. The number of carbonyl (C=O) groups is 2. The van der Waals surface area contributed by atoms with E-state index in [0.29, 0.717) is 25.9 Å². The molecule has 0 aliphatic heterocycles. The fourth-order valence-electron chi connectivity index (χ4n) is 10.9. The summed E-state index contributed by atoms with van der Waals surface area (Å²) >= 11 is 0. The average Bonchev–Trinajstić information content (AvgIpc) is 3.42. The molecular weight excluding hydrogens is 935 g/mol. The number of ether oxygens (including phenoxy) is 1. The van der Waals surface area contributed by atoms with E-state index in [1.54, 1.807) is 0 Å². The molecule has 0 saturated carbocycles. The molecule has 6 nitrogen and oxygen atoms in total. The van der Waals surface area contributed by atoms with Gasteiger partial charge in [0.15, 0.2) is 0 Å². The SMILES string of the molecule is CCCCCC/C=C\CCCCCCCC(=O)OCCCCCCCCCCCCCCCC/C=C\CCCCCCCCCCCCCCCCCCCC(=O)NC(CO)C(O)CCCCCCCCCCCCC. The molecule has 2 atom stereocenters. The molecule has 0 fully saturated rings. The van der Waals surface area contributed by atoms with E-state index in [1.807, 2.05) is 0 Å². The van der Waals surface area contributed by atoms with Gasteiger partial charge in [-0.1, -0.05) is 321 Å². The van der Waals surface area contributed by atoms with Gasteiger partial charge < -0.3 is 20.3 Å². The van der Waals surface area contributed by atoms with Crippen molar-refractivity contribution in [1.82, 2.24) is 5.32 Å². The molecule has 6 heteroatoms. The molecule has 0 aliphatic carbocycles. The topological polar surface area (TPSA) is 95.9 Å². The average molecular weight is 1070 g/mol. The molecule has 3 N–H and O–H groups in total. The molecule has 0 aromatic carbocycles. The van der Waals surface area contributed by atoms with Gasteiger partial charge in [-0.15, -0.1) is 0 Å². The summed E-state index contributed by atoms with van der Waals surface area (Å²) in [5, 5.41) is 23.2. The van der Waals surface area contributed by atoms with Crippen LogP contribution in [0, 0.1) is 0 Å². The first-order valence-electron chi connectivity index (χ1n) is 34.6. The summed E-state index contributed by atoms with van der Waals surface area (Å²) in [5.41, 5.74) is 0. The van der Waals surface area contributed by atoms with Gasteiger partial charge in [-0.2, -0.15) is 0 Å². The van der Waals surface area contributed by atoms with Gasteiger partial charge in [0.05, 0.1) is 25.4 Å². The zero-order valence-corrected chi connectivity index (χ0v) is 51.5. The maximum Gasteiger partial charge on any atom is 0.305 e. The first-order valence-corrected chi connectivity index (χ1v) is 34.6. The lowest BCUT2D eigenvalue weighted by molar-refractivity contribution is -0.143. The van der Waals surface area contributed by atoms with Gasteiger partial charge in [-0.05, 0) is 77.0 Å². The molecule has 76 heavy (non-hydrogen) atoms. The Balaban J connectivity index is 3.32. The number of nitrogens with one attached hydrogen (secondary N) is 1. The van der Waals surface area contributed by atoms with Crippen molar-refractivity contribution in [2.45, 2.75) is 398 Å². The van der Waals surface area contributed by atoms with Crippen molar-refractivity contribution in [3.63, 3.8) is 0 Å². The smallest absolute Gasteiger partial charge is 0.305 e. The second-order valence-electron chi connectivity index (χ2n) is 23.9. The number of amides is 1. The monoisotopic (exact) mass is 1070 g/mol. The largest absolute Gasteiger partial charge is 0.466 e. The lowest BCUT2D eigenvalue weighted by atomic mass is 10.0. The maximum absolute atomic E-state index is 12.5. The van der Waals surface area contributed by atoms with Crippen LogP contribution in [0.2, 0.25) is 0 Å². The third-order valence-electron chi connectivity index (χ3n) is 16.2. The Morgan fingerprint density at radius 2 is 0.618 bits per heavy atom. The zero-order valence-electron chi connectivity index (χ0n) is 51.5. The molecule has 0 spiro atoms. The van der Waals surface area contributed by atoms with Crippen LogP contribution in [0.5, 0.6) is 0 Å². The molecule has 2 unspecified atom stereocenters. The molecule has 0 saturated heterocycles. The van der Waals surface area contributed by atoms with Gasteiger partial charge in [-0.25, -0.2) is 0 Å². The lowest BCUT2D eigenvalue weighted by Gasteiger charge is -2.22. The van der Waals surface area contributed by atoms with Gasteiger partial charge in [0, 0.05) is 12.8 Å². The normalized spacial score (nSPS) is 12.6. The van der Waals surface area contributed by atoms with Crippen LogP contribution in [0.25, 0.3) is 0 Å². The molecule has 1 amide bonds. The van der Waals surface area contributed by atoms with E-state index in [0.717, 1.165) is 44.9 Å². The van der Waals surface area contributed by atoms with Crippen molar-refractivity contribution in [3.05, 3.63) is 24.3 Å². The Morgan fingerprint density at radius 1 is 0.355 bits per heavy atom. The molecular formula is C70H135NO5. The van der Waals surface area contributed by atoms with Gasteiger partial charge in [0.25, 0.3) is 0 Å². The van der Waals surface area contributed by atoms with Crippen LogP contribution in [0.1, 0.15) is 386 Å². The van der Waals surface area contributed by atoms with Crippen LogP contribution in [-0.2, 0) is 14.3 Å². The summed E-state index contributed by atoms with van der Waals surface area (Å²) in [6.45, 7) is 4.95. The van der Waals surface area contributed by atoms with E-state index in [9.17, 15) is 19.8 Å². The number of carbonyl (C=O) groups excluding carboxylic acids is 2. The van der Waals surface area contributed by atoms with Crippen LogP contribution < -0.4 is 5.32 Å². The van der Waals surface area contributed by atoms with Gasteiger partial charge in [0.2, 0.25) is 5.91 Å². The van der Waals surface area contributed by atoms with E-state index < -0.39 is 12.1 Å². The summed E-state index contributed by atoms with van der Waals surface area (Å²) < 4.78 is 5.48. The van der Waals surface area contributed by atoms with Crippen LogP contribution in [0.15, 0.2) is 24.3 Å². The van der Waals surface area contributed by atoms with E-state index >= 15 is 0 Å². The van der Waals surface area contributed by atoms with Gasteiger partial charge >= 0.3 is 5.97 Å². The van der Waals surface area contributed by atoms with E-state index in [-0.39, 0.29) is 18.5 Å². The van der Waals surface area contributed by atoms with Crippen molar-refractivity contribution >= 4 is 11.9 Å². The molecule has 0 radical (unpaired) electrons. The summed E-state index contributed by atoms with van der Waals surface area (Å²) in [6, 6.07) is -0.537. The van der Waals surface area contributed by atoms with Crippen LogP contribution in [0.3, 0.4) is 0 Å². The Bertz CT molecular complexity index is 1190. The van der Waals surface area contributed by atoms with Crippen LogP contribution in [-0.4, -0.2) is 47.4 Å². The lowest BCUT2D eigenvalue weighted by Crippen LogP contribution is -2.45. The molecule has 0 heterocycles. The first-order chi connectivity index (χ1) is 37.5. The van der Waals surface area contributed by atoms with Crippen molar-refractivity contribution < 1.29 is 24.5 Å². The quantitative estimate of drug-likeness (QED) is 0.0320. The fraction of sp³-hybridized carbons (Fsp3) is 0.914. The number of hydrogen-bond acceptors (Lipinski definition) is 5. The van der Waals surface area contributed by atoms with Crippen molar-refractivity contribution in [2.24, 2.45) is 0 Å². The molecule has 450 valence electrons. The minimum atomic E-state index is -0.660. The summed E-state index contributed by atoms with van der Waals surface area (Å²) in [4.78, 5) is 24.5. The van der Waals surface area contributed by atoms with Crippen molar-refractivity contribution in [2.75, 3.05) is 13.2 Å². The summed E-state index contributed by atoms with van der Waals surface area (Å²) in [5.74, 6) is -0.0193. The second-order valence-corrected chi connectivity index (χ2v) is 23.9. The predicted molar refractivity (Wildman–Crippen MR) is 333 cm³/mol. The van der Waals surface area contributed by atoms with Gasteiger partial charge in [0.1, 0.15) is 0 Å². The number of unbranched alkanes of at least 4 members (excludes halogenated alkanes) is 50. The zero-order chi connectivity index (χ0) is 55.0. The number of rotatable bonds is 65. The highest BCUT2D eigenvalue weighted by Gasteiger charge is 2.20. The molecule has 0 aromatic rings. The van der Waals surface area contributed by atoms with E-state index in [4.69, 9.17) is 4.74 Å². The standard InChI is InChI=1S/C70H135NO5/c1-3-5-7-9-11-13-15-39-44-48-52-56-60-64-70(75)76-65-61-57-53-49-45-41-38-36-34-32-30-28-26-24-22-20-18-16-17-19-21-23-25-27-29-31-33-35-37-40-43-47-51-55-59-63-69(74)71-67(66-72)68(73)62-58-54-50-46-42-14-12-10-8-6-4-2/h13,15,18,20,67-68,72-73H,3-12,14,16-17,19,21-66H2,1-2H3,(H,71,74)/b15-13-,20-18-. The van der Waals surface area contributed by atoms with Crippen molar-refractivity contribution in [1.29, 1.82) is 0 Å². The Morgan fingerprint density at radius 3 is 0.947 bits per heavy atom. The highest BCUT2D eigenvalue weighted by Crippen LogP contribution is 2.18. The highest BCUT2D eigenvalue weighted by atomic mass is 16.5. The summed E-state index contributed by atoms with van der Waals surface area (Å²) in [7, 11) is 0. The third kappa shape index (κ3) is 61.6. The second kappa shape index (κ2) is 65.9. The molecule has 0 rings (SSSR count). The Hall–Kier alpha value is -1.66. The number of aliphatic hydroxyl groups excluding tert-OH is 2. The maximum atomic E-state index is 12.5. The van der Waals surface area contributed by atoms with E-state index in [2.05, 4.69) is 43.5 Å². The van der Waals surface area contributed by atoms with Crippen molar-refractivity contribution in [3.8, 4) is 0 Å². The number of esters is 1. The van der Waals surface area contributed by atoms with Gasteiger partial charge in [-0.3, -0.25) is 9.59 Å². The summed E-state index contributed by atoms with van der Waals surface area (Å²) in [6.07, 6.45) is 82.4. The van der Waals surface area contributed by atoms with Crippen LogP contribution >= 0.6 is 0 Å². The van der Waals surface area contributed by atoms with E-state index in [1.165, 1.54) is 308 Å². The molecule has 0 aromatic heterocycles. The minimum absolute atomic E-state index is 0.0113. The highest BCUT2D eigenvalue weighted by molar-refractivity contribution is 5.76. The Labute approximate surface area is 475 Å². The molecule has 0 aliphatic rings. The number of hydrogen-bond donors (Lipinski definition) is 3. The number of allylic oxidation sites excluding steroid dienone is 4. The number of aliphatic hydroxyl groups is 2. The molecule has 0 bridgehead atoms. The Kier molecular flexibility index (Phi) is 64.4. The first kappa shape index (κ1) is 74.3.